The van der Waals surface area contributed by atoms with Crippen LogP contribution in [-0.4, -0.2) is 18.1 Å². The molecule has 0 radical (unpaired) electrons. The molecule has 1 amide bonds. The Morgan fingerprint density at radius 1 is 1.10 bits per heavy atom. The summed E-state index contributed by atoms with van der Waals surface area (Å²) in [7, 11) is 0. The minimum Gasteiger partial charge on any atom is -0.481 e. The molecule has 1 aliphatic rings. The standard InChI is InChI=1S/C18H27NO2/c1-13-10-14(2)12-17(11-13)21-15(3)18(20)19-16-8-6-4-5-7-9-16/h10-12,15-16H,4-9H2,1-3H3,(H,19,20)/t15-/m0/s1. The van der Waals surface area contributed by atoms with Crippen LogP contribution in [0.5, 0.6) is 5.75 Å². The van der Waals surface area contributed by atoms with Crippen LogP contribution >= 0.6 is 0 Å². The molecule has 0 aromatic heterocycles. The molecule has 3 nitrogen and oxygen atoms in total. The second-order valence-corrected chi connectivity index (χ2v) is 6.28. The molecule has 1 aromatic rings. The van der Waals surface area contributed by atoms with E-state index in [0.29, 0.717) is 6.04 Å². The van der Waals surface area contributed by atoms with Gasteiger partial charge in [-0.1, -0.05) is 31.7 Å². The monoisotopic (exact) mass is 289 g/mol. The van der Waals surface area contributed by atoms with Crippen molar-refractivity contribution in [1.82, 2.24) is 5.32 Å². The Bertz CT molecular complexity index is 456. The highest BCUT2D eigenvalue weighted by atomic mass is 16.5. The first-order valence-corrected chi connectivity index (χ1v) is 8.10. The largest absolute Gasteiger partial charge is 0.481 e. The quantitative estimate of drug-likeness (QED) is 0.853. The fourth-order valence-corrected chi connectivity index (χ4v) is 3.00. The molecule has 0 heterocycles. The van der Waals surface area contributed by atoms with Crippen molar-refractivity contribution in [3.63, 3.8) is 0 Å². The molecular formula is C18H27NO2. The van der Waals surface area contributed by atoms with E-state index in [1.165, 1.54) is 25.7 Å². The third-order valence-electron chi connectivity index (χ3n) is 4.08. The molecule has 1 N–H and O–H groups in total. The van der Waals surface area contributed by atoms with Gasteiger partial charge < -0.3 is 10.1 Å². The highest BCUT2D eigenvalue weighted by Crippen LogP contribution is 2.19. The first-order chi connectivity index (χ1) is 10.0. The van der Waals surface area contributed by atoms with E-state index in [2.05, 4.69) is 11.4 Å². The van der Waals surface area contributed by atoms with Gasteiger partial charge in [0, 0.05) is 6.04 Å². The van der Waals surface area contributed by atoms with Crippen molar-refractivity contribution < 1.29 is 9.53 Å². The summed E-state index contributed by atoms with van der Waals surface area (Å²) in [4.78, 5) is 12.3. The van der Waals surface area contributed by atoms with E-state index >= 15 is 0 Å². The number of amides is 1. The lowest BCUT2D eigenvalue weighted by atomic mass is 10.1. The van der Waals surface area contributed by atoms with E-state index in [1.54, 1.807) is 0 Å². The lowest BCUT2D eigenvalue weighted by molar-refractivity contribution is -0.128. The summed E-state index contributed by atoms with van der Waals surface area (Å²) in [6.45, 7) is 5.90. The van der Waals surface area contributed by atoms with Gasteiger partial charge in [0.15, 0.2) is 6.10 Å². The zero-order chi connectivity index (χ0) is 15.2. The summed E-state index contributed by atoms with van der Waals surface area (Å²) < 4.78 is 5.80. The normalized spacial score (nSPS) is 17.9. The van der Waals surface area contributed by atoms with Crippen molar-refractivity contribution in [2.24, 2.45) is 0 Å². The Kier molecular flexibility index (Phi) is 5.66. The van der Waals surface area contributed by atoms with Crippen LogP contribution in [0.1, 0.15) is 56.6 Å². The molecule has 1 atom stereocenters. The zero-order valence-corrected chi connectivity index (χ0v) is 13.4. The summed E-state index contributed by atoms with van der Waals surface area (Å²) >= 11 is 0. The molecule has 3 heteroatoms. The van der Waals surface area contributed by atoms with Crippen molar-refractivity contribution in [3.05, 3.63) is 29.3 Å². The summed E-state index contributed by atoms with van der Waals surface area (Å²) in [5.74, 6) is 0.775. The summed E-state index contributed by atoms with van der Waals surface area (Å²) in [5.41, 5.74) is 2.31. The maximum atomic E-state index is 12.3. The Morgan fingerprint density at radius 2 is 1.67 bits per heavy atom. The predicted octanol–water partition coefficient (Wildman–Crippen LogP) is 3.91. The number of benzene rings is 1. The van der Waals surface area contributed by atoms with Gasteiger partial charge in [-0.15, -0.1) is 0 Å². The van der Waals surface area contributed by atoms with Crippen LogP contribution in [-0.2, 0) is 4.79 Å². The van der Waals surface area contributed by atoms with Crippen molar-refractivity contribution >= 4 is 5.91 Å². The number of ether oxygens (including phenoxy) is 1. The molecule has 21 heavy (non-hydrogen) atoms. The van der Waals surface area contributed by atoms with Crippen LogP contribution in [0.3, 0.4) is 0 Å². The van der Waals surface area contributed by atoms with Crippen molar-refractivity contribution in [2.75, 3.05) is 0 Å². The lowest BCUT2D eigenvalue weighted by Crippen LogP contribution is -2.42. The fraction of sp³-hybridized carbons (Fsp3) is 0.611. The number of carbonyl (C=O) groups excluding carboxylic acids is 1. The maximum Gasteiger partial charge on any atom is 0.260 e. The van der Waals surface area contributed by atoms with Gasteiger partial charge in [0.25, 0.3) is 5.91 Å². The highest BCUT2D eigenvalue weighted by molar-refractivity contribution is 5.81. The smallest absolute Gasteiger partial charge is 0.260 e. The van der Waals surface area contributed by atoms with E-state index in [-0.39, 0.29) is 5.91 Å². The van der Waals surface area contributed by atoms with E-state index in [9.17, 15) is 4.79 Å². The number of aryl methyl sites for hydroxylation is 2. The number of carbonyl (C=O) groups is 1. The summed E-state index contributed by atoms with van der Waals surface area (Å²) in [6.07, 6.45) is 6.77. The Morgan fingerprint density at radius 3 is 2.24 bits per heavy atom. The van der Waals surface area contributed by atoms with Crippen LogP contribution in [0.15, 0.2) is 18.2 Å². The van der Waals surface area contributed by atoms with Crippen molar-refractivity contribution in [1.29, 1.82) is 0 Å². The molecule has 2 rings (SSSR count). The Balaban J connectivity index is 1.89. The van der Waals surface area contributed by atoms with Crippen LogP contribution in [0.4, 0.5) is 0 Å². The average Bonchev–Trinajstić information content (AvgIpc) is 2.66. The van der Waals surface area contributed by atoms with Gasteiger partial charge in [0.2, 0.25) is 0 Å². The first kappa shape index (κ1) is 15.9. The molecule has 116 valence electrons. The Labute approximate surface area is 128 Å². The summed E-state index contributed by atoms with van der Waals surface area (Å²) in [5, 5.41) is 3.14. The molecule has 1 fully saturated rings. The summed E-state index contributed by atoms with van der Waals surface area (Å²) in [6, 6.07) is 6.37. The van der Waals surface area contributed by atoms with Gasteiger partial charge in [0.1, 0.15) is 5.75 Å². The fourth-order valence-electron chi connectivity index (χ4n) is 3.00. The molecule has 0 unspecified atom stereocenters. The van der Waals surface area contributed by atoms with Crippen LogP contribution < -0.4 is 10.1 Å². The van der Waals surface area contributed by atoms with E-state index < -0.39 is 6.10 Å². The minimum atomic E-state index is -0.450. The first-order valence-electron chi connectivity index (χ1n) is 8.10. The molecule has 0 aliphatic heterocycles. The zero-order valence-electron chi connectivity index (χ0n) is 13.4. The van der Waals surface area contributed by atoms with Gasteiger partial charge in [-0.05, 0) is 56.9 Å². The van der Waals surface area contributed by atoms with Crippen molar-refractivity contribution in [3.8, 4) is 5.75 Å². The molecule has 1 aliphatic carbocycles. The van der Waals surface area contributed by atoms with Crippen LogP contribution in [0.25, 0.3) is 0 Å². The number of nitrogens with one attached hydrogen (secondary N) is 1. The second-order valence-electron chi connectivity index (χ2n) is 6.28. The van der Waals surface area contributed by atoms with E-state index in [1.807, 2.05) is 32.9 Å². The topological polar surface area (TPSA) is 38.3 Å². The van der Waals surface area contributed by atoms with E-state index in [4.69, 9.17) is 4.74 Å². The average molecular weight is 289 g/mol. The van der Waals surface area contributed by atoms with Gasteiger partial charge in [0.05, 0.1) is 0 Å². The van der Waals surface area contributed by atoms with Gasteiger partial charge in [-0.25, -0.2) is 0 Å². The number of hydrogen-bond donors (Lipinski definition) is 1. The molecule has 1 aromatic carbocycles. The third-order valence-corrected chi connectivity index (χ3v) is 4.08. The maximum absolute atomic E-state index is 12.3. The van der Waals surface area contributed by atoms with Gasteiger partial charge in [-0.2, -0.15) is 0 Å². The molecule has 0 bridgehead atoms. The van der Waals surface area contributed by atoms with Crippen LogP contribution in [0, 0.1) is 13.8 Å². The van der Waals surface area contributed by atoms with E-state index in [0.717, 1.165) is 29.7 Å². The van der Waals surface area contributed by atoms with Crippen LogP contribution in [0.2, 0.25) is 0 Å². The SMILES string of the molecule is Cc1cc(C)cc(O[C@@H](C)C(=O)NC2CCCCCC2)c1. The molecule has 0 saturated heterocycles. The molecule has 0 spiro atoms. The predicted molar refractivity (Wildman–Crippen MR) is 85.6 cm³/mol. The Hall–Kier alpha value is -1.51. The molecule has 1 saturated carbocycles. The minimum absolute atomic E-state index is 0.000981. The highest BCUT2D eigenvalue weighted by Gasteiger charge is 2.20. The number of rotatable bonds is 4. The van der Waals surface area contributed by atoms with Gasteiger partial charge in [-0.3, -0.25) is 4.79 Å². The second kappa shape index (κ2) is 7.48. The third kappa shape index (κ3) is 5.07. The number of hydrogen-bond acceptors (Lipinski definition) is 2. The lowest BCUT2D eigenvalue weighted by Gasteiger charge is -2.20. The molecular weight excluding hydrogens is 262 g/mol. The van der Waals surface area contributed by atoms with Gasteiger partial charge >= 0.3 is 0 Å². The van der Waals surface area contributed by atoms with Crippen molar-refractivity contribution in [2.45, 2.75) is 71.4 Å².